The number of carbonyl (C=O) groups excluding carboxylic acids is 1. The van der Waals surface area contributed by atoms with Crippen LogP contribution in [0.2, 0.25) is 5.02 Å². The third kappa shape index (κ3) is 5.64. The first kappa shape index (κ1) is 26.7. The van der Waals surface area contributed by atoms with Crippen LogP contribution in [0.4, 0.5) is 8.78 Å². The molecule has 0 unspecified atom stereocenters. The zero-order valence-corrected chi connectivity index (χ0v) is 21.1. The van der Waals surface area contributed by atoms with Gasteiger partial charge in [0.1, 0.15) is 24.8 Å². The molecule has 198 valence electrons. The Kier molecular flexibility index (Phi) is 8.48. The zero-order valence-electron chi connectivity index (χ0n) is 20.4. The molecule has 1 amide bonds. The van der Waals surface area contributed by atoms with Crippen molar-refractivity contribution < 1.29 is 23.0 Å². The van der Waals surface area contributed by atoms with Crippen molar-refractivity contribution in [3.05, 3.63) is 67.8 Å². The highest BCUT2D eigenvalue weighted by atomic mass is 35.5. The summed E-state index contributed by atoms with van der Waals surface area (Å²) in [6, 6.07) is 9.26. The van der Waals surface area contributed by atoms with Crippen LogP contribution in [0.25, 0.3) is 10.9 Å². The summed E-state index contributed by atoms with van der Waals surface area (Å²) in [7, 11) is 0. The van der Waals surface area contributed by atoms with Crippen LogP contribution in [0, 0.1) is 0 Å². The smallest absolute Gasteiger partial charge is 0.332 e. The van der Waals surface area contributed by atoms with Gasteiger partial charge in [0.05, 0.1) is 29.1 Å². The van der Waals surface area contributed by atoms with Gasteiger partial charge in [0.2, 0.25) is 6.41 Å². The number of amides is 1. The molecule has 1 fully saturated rings. The topological polar surface area (TPSA) is 82.8 Å². The van der Waals surface area contributed by atoms with Crippen molar-refractivity contribution in [1.82, 2.24) is 14.0 Å². The Bertz CT molecular complexity index is 1380. The highest BCUT2D eigenvalue weighted by Gasteiger charge is 2.25. The van der Waals surface area contributed by atoms with E-state index >= 15 is 0 Å². The molecule has 11 heteroatoms. The first-order valence-corrected chi connectivity index (χ1v) is 12.5. The summed E-state index contributed by atoms with van der Waals surface area (Å²) < 4.78 is 39.6. The highest BCUT2D eigenvalue weighted by Crippen LogP contribution is 2.28. The van der Waals surface area contributed by atoms with E-state index in [2.05, 4.69) is 0 Å². The Hall–Kier alpha value is -3.40. The number of ether oxygens (including phenoxy) is 2. The van der Waals surface area contributed by atoms with Gasteiger partial charge < -0.3 is 14.4 Å². The number of fused-ring (bicyclic) bond motifs is 1. The molecular formula is C26H28ClF2N3O5. The Labute approximate surface area is 217 Å². The van der Waals surface area contributed by atoms with Crippen LogP contribution in [0.3, 0.4) is 0 Å². The van der Waals surface area contributed by atoms with E-state index in [1.165, 1.54) is 12.1 Å². The SMILES string of the molecule is CCOc1ccc(Cn2c(=O)c3cc(OC(CF)CF)ccc3n(C3CCN(C=O)CC3)c2=O)cc1Cl. The second kappa shape index (κ2) is 11.8. The van der Waals surface area contributed by atoms with E-state index in [4.69, 9.17) is 21.1 Å². The van der Waals surface area contributed by atoms with Crippen LogP contribution in [0.15, 0.2) is 46.0 Å². The summed E-state index contributed by atoms with van der Waals surface area (Å²) in [5.41, 5.74) is -0.0400. The number of likely N-dealkylation sites (tertiary alicyclic amines) is 1. The first-order chi connectivity index (χ1) is 17.9. The van der Waals surface area contributed by atoms with E-state index in [1.54, 1.807) is 33.7 Å². The van der Waals surface area contributed by atoms with Gasteiger partial charge in [0.15, 0.2) is 6.10 Å². The maximum Gasteiger partial charge on any atom is 0.332 e. The number of hydrogen-bond donors (Lipinski definition) is 0. The van der Waals surface area contributed by atoms with Crippen molar-refractivity contribution in [2.75, 3.05) is 33.0 Å². The number of aromatic nitrogens is 2. The van der Waals surface area contributed by atoms with E-state index in [1.807, 2.05) is 6.92 Å². The second-order valence-corrected chi connectivity index (χ2v) is 9.25. The van der Waals surface area contributed by atoms with Gasteiger partial charge in [0.25, 0.3) is 5.56 Å². The summed E-state index contributed by atoms with van der Waals surface area (Å²) in [5.74, 6) is 0.622. The molecular weight excluding hydrogens is 508 g/mol. The number of rotatable bonds is 10. The van der Waals surface area contributed by atoms with Crippen molar-refractivity contribution in [3.8, 4) is 11.5 Å². The van der Waals surface area contributed by atoms with Gasteiger partial charge in [-0.25, -0.2) is 13.6 Å². The minimum Gasteiger partial charge on any atom is -0.492 e. The maximum atomic E-state index is 13.7. The van der Waals surface area contributed by atoms with Crippen molar-refractivity contribution in [1.29, 1.82) is 0 Å². The largest absolute Gasteiger partial charge is 0.492 e. The molecule has 1 aliphatic rings. The lowest BCUT2D eigenvalue weighted by molar-refractivity contribution is -0.119. The molecule has 8 nitrogen and oxygen atoms in total. The standard InChI is InChI=1S/C26H28ClF2N3O5/c1-2-36-24-6-3-17(11-22(24)27)15-31-25(34)21-12-19(37-20(13-28)14-29)4-5-23(21)32(26(31)35)18-7-9-30(16-33)10-8-18/h3-6,11-12,16,18,20H,2,7-10,13-15H2,1H3. The summed E-state index contributed by atoms with van der Waals surface area (Å²) in [6.07, 6.45) is 0.559. The monoisotopic (exact) mass is 535 g/mol. The number of halogens is 3. The quantitative estimate of drug-likeness (QED) is 0.369. The molecule has 0 radical (unpaired) electrons. The van der Waals surface area contributed by atoms with E-state index in [9.17, 15) is 23.2 Å². The Morgan fingerprint density at radius 2 is 1.84 bits per heavy atom. The number of hydrogen-bond acceptors (Lipinski definition) is 5. The maximum absolute atomic E-state index is 13.7. The normalized spacial score (nSPS) is 14.4. The molecule has 0 atom stereocenters. The predicted octanol–water partition coefficient (Wildman–Crippen LogP) is 3.74. The van der Waals surface area contributed by atoms with Crippen LogP contribution in [0.5, 0.6) is 11.5 Å². The number of nitrogens with zero attached hydrogens (tertiary/aromatic N) is 3. The molecule has 0 saturated carbocycles. The lowest BCUT2D eigenvalue weighted by Crippen LogP contribution is -2.44. The molecule has 4 rings (SSSR count). The van der Waals surface area contributed by atoms with Gasteiger partial charge in [-0.3, -0.25) is 18.7 Å². The molecule has 2 aromatic carbocycles. The molecule has 0 N–H and O–H groups in total. The average Bonchev–Trinajstić information content (AvgIpc) is 2.92. The van der Waals surface area contributed by atoms with Crippen LogP contribution in [-0.2, 0) is 11.3 Å². The lowest BCUT2D eigenvalue weighted by atomic mass is 10.0. The third-order valence-corrected chi connectivity index (χ3v) is 6.73. The van der Waals surface area contributed by atoms with Crippen molar-refractivity contribution in [2.45, 2.75) is 38.5 Å². The zero-order chi connectivity index (χ0) is 26.5. The van der Waals surface area contributed by atoms with Crippen LogP contribution < -0.4 is 20.7 Å². The van der Waals surface area contributed by atoms with Crippen molar-refractivity contribution >= 4 is 28.9 Å². The van der Waals surface area contributed by atoms with Crippen LogP contribution in [0.1, 0.15) is 31.4 Å². The van der Waals surface area contributed by atoms with Gasteiger partial charge in [-0.2, -0.15) is 0 Å². The van der Waals surface area contributed by atoms with Gasteiger partial charge in [0, 0.05) is 19.1 Å². The number of carbonyl (C=O) groups is 1. The number of benzene rings is 2. The fourth-order valence-corrected chi connectivity index (χ4v) is 4.83. The molecule has 0 spiro atoms. The summed E-state index contributed by atoms with van der Waals surface area (Å²) in [6.45, 7) is 1.14. The second-order valence-electron chi connectivity index (χ2n) is 8.84. The van der Waals surface area contributed by atoms with Crippen LogP contribution in [-0.4, -0.2) is 59.6 Å². The molecule has 1 aliphatic heterocycles. The highest BCUT2D eigenvalue weighted by molar-refractivity contribution is 6.32. The number of alkyl halides is 2. The van der Waals surface area contributed by atoms with E-state index in [0.717, 1.165) is 11.0 Å². The molecule has 1 saturated heterocycles. The Morgan fingerprint density at radius 1 is 1.11 bits per heavy atom. The molecule has 1 aromatic heterocycles. The van der Waals surface area contributed by atoms with E-state index in [0.29, 0.717) is 54.4 Å². The minimum absolute atomic E-state index is 0.0460. The third-order valence-electron chi connectivity index (χ3n) is 6.44. The van der Waals surface area contributed by atoms with Gasteiger partial charge in [-0.15, -0.1) is 0 Å². The molecule has 2 heterocycles. The summed E-state index contributed by atoms with van der Waals surface area (Å²) >= 11 is 6.32. The molecule has 0 aliphatic carbocycles. The predicted molar refractivity (Wildman–Crippen MR) is 136 cm³/mol. The van der Waals surface area contributed by atoms with Crippen LogP contribution >= 0.6 is 11.6 Å². The van der Waals surface area contributed by atoms with E-state index < -0.39 is 30.7 Å². The van der Waals surface area contributed by atoms with Gasteiger partial charge >= 0.3 is 5.69 Å². The fraction of sp³-hybridized carbons (Fsp3) is 0.423. The molecule has 0 bridgehead atoms. The number of piperidine rings is 1. The van der Waals surface area contributed by atoms with Gasteiger partial charge in [-0.05, 0) is 55.7 Å². The molecule has 37 heavy (non-hydrogen) atoms. The minimum atomic E-state index is -1.29. The first-order valence-electron chi connectivity index (χ1n) is 12.1. The average molecular weight is 536 g/mol. The lowest BCUT2D eigenvalue weighted by Gasteiger charge is -2.31. The molecule has 3 aromatic rings. The van der Waals surface area contributed by atoms with Gasteiger partial charge in [-0.1, -0.05) is 17.7 Å². The Morgan fingerprint density at radius 3 is 2.46 bits per heavy atom. The van der Waals surface area contributed by atoms with Crippen molar-refractivity contribution in [3.63, 3.8) is 0 Å². The summed E-state index contributed by atoms with van der Waals surface area (Å²) in [5, 5.41) is 0.539. The summed E-state index contributed by atoms with van der Waals surface area (Å²) in [4.78, 5) is 40.1. The Balaban J connectivity index is 1.83. The van der Waals surface area contributed by atoms with E-state index in [-0.39, 0.29) is 23.7 Å². The van der Waals surface area contributed by atoms with Crippen molar-refractivity contribution in [2.24, 2.45) is 0 Å². The fourth-order valence-electron chi connectivity index (χ4n) is 4.57.